The van der Waals surface area contributed by atoms with Crippen LogP contribution in [0.1, 0.15) is 12.8 Å². The van der Waals surface area contributed by atoms with Gasteiger partial charge in [-0.15, -0.1) is 0 Å². The van der Waals surface area contributed by atoms with Crippen LogP contribution in [-0.4, -0.2) is 40.8 Å². The molecule has 2 N–H and O–H groups in total. The van der Waals surface area contributed by atoms with Gasteiger partial charge < -0.3 is 10.1 Å². The molecule has 0 spiro atoms. The van der Waals surface area contributed by atoms with Gasteiger partial charge in [0.15, 0.2) is 0 Å². The minimum absolute atomic E-state index is 0.0595. The molecule has 0 atom stereocenters. The Balaban J connectivity index is 1.82. The van der Waals surface area contributed by atoms with E-state index in [9.17, 15) is 12.8 Å². The summed E-state index contributed by atoms with van der Waals surface area (Å²) >= 11 is 5.58. The molecule has 0 aliphatic carbocycles. The first kappa shape index (κ1) is 16.6. The van der Waals surface area contributed by atoms with Gasteiger partial charge in [0, 0.05) is 6.54 Å². The van der Waals surface area contributed by atoms with Crippen LogP contribution in [0.2, 0.25) is 5.02 Å². The van der Waals surface area contributed by atoms with Crippen molar-refractivity contribution in [3.63, 3.8) is 0 Å². The fourth-order valence-corrected chi connectivity index (χ4v) is 3.38. The first-order chi connectivity index (χ1) is 9.99. The highest BCUT2D eigenvalue weighted by molar-refractivity contribution is 7.89. The summed E-state index contributed by atoms with van der Waals surface area (Å²) in [6.07, 6.45) is 2.04. The second-order valence-corrected chi connectivity index (χ2v) is 6.97. The Morgan fingerprint density at radius 3 is 2.76 bits per heavy atom. The molecule has 1 aliphatic heterocycles. The SMILES string of the molecule is O=S(=O)(NCCOC1CCNCC1)c1ccc(F)c(Cl)c1. The van der Waals surface area contributed by atoms with E-state index in [0.717, 1.165) is 38.1 Å². The zero-order valence-electron chi connectivity index (χ0n) is 11.4. The summed E-state index contributed by atoms with van der Waals surface area (Å²) in [5, 5.41) is 3.01. The summed E-state index contributed by atoms with van der Waals surface area (Å²) < 4.78 is 45.0. The summed E-state index contributed by atoms with van der Waals surface area (Å²) in [5.74, 6) is -0.648. The first-order valence-corrected chi connectivity index (χ1v) is 8.62. The van der Waals surface area contributed by atoms with Crippen LogP contribution in [0.15, 0.2) is 23.1 Å². The largest absolute Gasteiger partial charge is 0.377 e. The van der Waals surface area contributed by atoms with Crippen molar-refractivity contribution in [3.8, 4) is 0 Å². The van der Waals surface area contributed by atoms with Crippen LogP contribution in [0.25, 0.3) is 0 Å². The fourth-order valence-electron chi connectivity index (χ4n) is 2.09. The predicted molar refractivity (Wildman–Crippen MR) is 78.4 cm³/mol. The molecule has 5 nitrogen and oxygen atoms in total. The molecular weight excluding hydrogens is 319 g/mol. The van der Waals surface area contributed by atoms with E-state index in [1.807, 2.05) is 0 Å². The van der Waals surface area contributed by atoms with Gasteiger partial charge in [0.2, 0.25) is 10.0 Å². The fraction of sp³-hybridized carbons (Fsp3) is 0.538. The number of piperidine rings is 1. The van der Waals surface area contributed by atoms with Crippen LogP contribution in [-0.2, 0) is 14.8 Å². The highest BCUT2D eigenvalue weighted by atomic mass is 35.5. The number of rotatable bonds is 6. The number of ether oxygens (including phenoxy) is 1. The third kappa shape index (κ3) is 4.89. The predicted octanol–water partition coefficient (Wildman–Crippen LogP) is 1.53. The second-order valence-electron chi connectivity index (χ2n) is 4.79. The Kier molecular flexibility index (Phi) is 5.95. The molecule has 0 saturated carbocycles. The van der Waals surface area contributed by atoms with Crippen molar-refractivity contribution in [1.29, 1.82) is 0 Å². The Morgan fingerprint density at radius 1 is 1.38 bits per heavy atom. The lowest BCUT2D eigenvalue weighted by Crippen LogP contribution is -2.34. The van der Waals surface area contributed by atoms with Crippen molar-refractivity contribution >= 4 is 21.6 Å². The van der Waals surface area contributed by atoms with Gasteiger partial charge in [0.05, 0.1) is 22.6 Å². The van der Waals surface area contributed by atoms with Crippen molar-refractivity contribution in [2.24, 2.45) is 0 Å². The maximum Gasteiger partial charge on any atom is 0.240 e. The summed E-state index contributed by atoms with van der Waals surface area (Å²) in [6, 6.07) is 3.30. The minimum Gasteiger partial charge on any atom is -0.377 e. The van der Waals surface area contributed by atoms with Gasteiger partial charge in [0.25, 0.3) is 0 Å². The Labute approximate surface area is 128 Å². The zero-order valence-corrected chi connectivity index (χ0v) is 13.0. The molecule has 1 saturated heterocycles. The van der Waals surface area contributed by atoms with Gasteiger partial charge in [-0.05, 0) is 44.1 Å². The van der Waals surface area contributed by atoms with Crippen molar-refractivity contribution in [2.45, 2.75) is 23.8 Å². The maximum absolute atomic E-state index is 13.0. The molecule has 0 aromatic heterocycles. The van der Waals surface area contributed by atoms with E-state index in [-0.39, 0.29) is 22.6 Å². The van der Waals surface area contributed by atoms with E-state index in [1.54, 1.807) is 0 Å². The van der Waals surface area contributed by atoms with E-state index in [4.69, 9.17) is 16.3 Å². The molecule has 2 rings (SSSR count). The molecule has 1 heterocycles. The van der Waals surface area contributed by atoms with Crippen LogP contribution >= 0.6 is 11.6 Å². The highest BCUT2D eigenvalue weighted by Gasteiger charge is 2.16. The third-order valence-electron chi connectivity index (χ3n) is 3.24. The molecule has 8 heteroatoms. The third-order valence-corrected chi connectivity index (χ3v) is 4.98. The van der Waals surface area contributed by atoms with Gasteiger partial charge in [0.1, 0.15) is 5.82 Å². The molecule has 1 aromatic carbocycles. The average Bonchev–Trinajstić information content (AvgIpc) is 2.47. The zero-order chi connectivity index (χ0) is 15.3. The molecule has 21 heavy (non-hydrogen) atoms. The Hall–Kier alpha value is -0.730. The number of hydrogen-bond acceptors (Lipinski definition) is 4. The minimum atomic E-state index is -3.70. The van der Waals surface area contributed by atoms with Crippen LogP contribution in [0.5, 0.6) is 0 Å². The van der Waals surface area contributed by atoms with Crippen molar-refractivity contribution < 1.29 is 17.5 Å². The summed E-state index contributed by atoms with van der Waals surface area (Å²) in [6.45, 7) is 2.31. The molecule has 0 unspecified atom stereocenters. The van der Waals surface area contributed by atoms with Crippen LogP contribution < -0.4 is 10.0 Å². The van der Waals surface area contributed by atoms with Crippen molar-refractivity contribution in [3.05, 3.63) is 29.0 Å². The Morgan fingerprint density at radius 2 is 2.10 bits per heavy atom. The standard InChI is InChI=1S/C13H18ClFN2O3S/c14-12-9-11(1-2-13(12)15)21(18,19)17-7-8-20-10-3-5-16-6-4-10/h1-2,9-10,16-17H,3-8H2. The average molecular weight is 337 g/mol. The molecular formula is C13H18ClFN2O3S. The molecule has 0 radical (unpaired) electrons. The van der Waals surface area contributed by atoms with Gasteiger partial charge in [-0.2, -0.15) is 0 Å². The normalized spacial score (nSPS) is 17.0. The van der Waals surface area contributed by atoms with E-state index in [1.165, 1.54) is 6.07 Å². The number of sulfonamides is 1. The van der Waals surface area contributed by atoms with Crippen molar-refractivity contribution in [2.75, 3.05) is 26.2 Å². The summed E-state index contributed by atoms with van der Waals surface area (Å²) in [5.41, 5.74) is 0. The van der Waals surface area contributed by atoms with Gasteiger partial charge in [-0.3, -0.25) is 0 Å². The van der Waals surface area contributed by atoms with Crippen molar-refractivity contribution in [1.82, 2.24) is 10.0 Å². The van der Waals surface area contributed by atoms with E-state index in [0.29, 0.717) is 6.61 Å². The molecule has 0 amide bonds. The topological polar surface area (TPSA) is 67.4 Å². The van der Waals surface area contributed by atoms with E-state index >= 15 is 0 Å². The summed E-state index contributed by atoms with van der Waals surface area (Å²) in [4.78, 5) is -0.0595. The first-order valence-electron chi connectivity index (χ1n) is 6.76. The van der Waals surface area contributed by atoms with E-state index < -0.39 is 15.8 Å². The smallest absolute Gasteiger partial charge is 0.240 e. The molecule has 1 aromatic rings. The Bertz CT molecular complexity index is 577. The van der Waals surface area contributed by atoms with Gasteiger partial charge >= 0.3 is 0 Å². The van der Waals surface area contributed by atoms with E-state index in [2.05, 4.69) is 10.0 Å². The number of benzene rings is 1. The van der Waals surface area contributed by atoms with Crippen LogP contribution in [0, 0.1) is 5.82 Å². The van der Waals surface area contributed by atoms with Gasteiger partial charge in [-0.1, -0.05) is 11.6 Å². The lowest BCUT2D eigenvalue weighted by molar-refractivity contribution is 0.0367. The lowest BCUT2D eigenvalue weighted by atomic mass is 10.1. The van der Waals surface area contributed by atoms with Crippen LogP contribution in [0.4, 0.5) is 4.39 Å². The molecule has 1 fully saturated rings. The number of halogens is 2. The lowest BCUT2D eigenvalue weighted by Gasteiger charge is -2.22. The number of nitrogens with one attached hydrogen (secondary N) is 2. The molecule has 118 valence electrons. The monoisotopic (exact) mass is 336 g/mol. The maximum atomic E-state index is 13.0. The highest BCUT2D eigenvalue weighted by Crippen LogP contribution is 2.19. The van der Waals surface area contributed by atoms with Gasteiger partial charge in [-0.25, -0.2) is 17.5 Å². The summed E-state index contributed by atoms with van der Waals surface area (Å²) in [7, 11) is -3.70. The molecule has 1 aliphatic rings. The number of hydrogen-bond donors (Lipinski definition) is 2. The molecule has 0 bridgehead atoms. The second kappa shape index (κ2) is 7.51. The quantitative estimate of drug-likeness (QED) is 0.773. The van der Waals surface area contributed by atoms with Crippen LogP contribution in [0.3, 0.4) is 0 Å².